The van der Waals surface area contributed by atoms with Crippen molar-refractivity contribution in [2.75, 3.05) is 20.2 Å². The van der Waals surface area contributed by atoms with Crippen molar-refractivity contribution >= 4 is 23.7 Å². The number of guanidine groups is 2. The number of phenols is 2. The number of carbonyl (C=O) groups excluding carboxylic acids is 2. The fourth-order valence-corrected chi connectivity index (χ4v) is 5.27. The largest absolute Gasteiger partial charge is 0.507 e. The molecule has 0 saturated heterocycles. The molecule has 0 spiro atoms. The molecule has 0 bridgehead atoms. The summed E-state index contributed by atoms with van der Waals surface area (Å²) < 4.78 is 34.8. The fourth-order valence-electron chi connectivity index (χ4n) is 5.27. The molecule has 15 heteroatoms. The van der Waals surface area contributed by atoms with Gasteiger partial charge in [-0.05, 0) is 42.0 Å². The number of ether oxygens (including phenoxy) is 1. The first kappa shape index (κ1) is 32.4. The van der Waals surface area contributed by atoms with Gasteiger partial charge in [0.25, 0.3) is 11.8 Å². The number of nitriles is 2. The number of nitrogens with zero attached hydrogens (tertiary/aromatic N) is 3. The maximum Gasteiger partial charge on any atom is 0.262 e. The Morgan fingerprint density at radius 1 is 0.979 bits per heavy atom. The van der Waals surface area contributed by atoms with Crippen LogP contribution >= 0.6 is 0 Å². The van der Waals surface area contributed by atoms with Gasteiger partial charge in [0.15, 0.2) is 23.6 Å². The second kappa shape index (κ2) is 13.2. The van der Waals surface area contributed by atoms with E-state index in [-0.39, 0.29) is 50.7 Å². The average Bonchev–Trinajstić information content (AvgIpc) is 3.58. The van der Waals surface area contributed by atoms with Crippen molar-refractivity contribution in [3.63, 3.8) is 0 Å². The second-order valence-electron chi connectivity index (χ2n) is 10.2. The van der Waals surface area contributed by atoms with Crippen molar-refractivity contribution in [2.24, 2.45) is 10.7 Å². The van der Waals surface area contributed by atoms with Crippen molar-refractivity contribution in [1.82, 2.24) is 16.0 Å². The van der Waals surface area contributed by atoms with Crippen molar-refractivity contribution in [3.8, 4) is 62.8 Å². The molecule has 0 fully saturated rings. The number of hydrogen-bond acceptors (Lipinski definition) is 10. The van der Waals surface area contributed by atoms with Crippen LogP contribution in [0.4, 0.5) is 8.78 Å². The van der Waals surface area contributed by atoms with Gasteiger partial charge >= 0.3 is 0 Å². The Kier molecular flexibility index (Phi) is 8.88. The highest BCUT2D eigenvalue weighted by Crippen LogP contribution is 2.45. The number of rotatable bonds is 6. The Labute approximate surface area is 271 Å². The molecule has 1 aliphatic heterocycles. The highest BCUT2D eigenvalue weighted by Gasteiger charge is 2.29. The van der Waals surface area contributed by atoms with Crippen molar-refractivity contribution in [2.45, 2.75) is 0 Å². The smallest absolute Gasteiger partial charge is 0.262 e. The minimum Gasteiger partial charge on any atom is -0.507 e. The molecule has 0 unspecified atom stereocenters. The summed E-state index contributed by atoms with van der Waals surface area (Å²) in [6, 6.07) is 14.8. The molecule has 4 aromatic rings. The number of aromatic hydroxyl groups is 2. The molecule has 0 radical (unpaired) electrons. The number of benzene rings is 4. The van der Waals surface area contributed by atoms with Gasteiger partial charge in [-0.15, -0.1) is 0 Å². The standard InChI is InChI=1S/C33H24F2N8O5/c1-48-23-12-15(5-7-18(23)24-16(13-36)6-8-22(44)26(24)30(46)43-33-40-9-10-41-33)20-11-17(14-37)25(19-3-2-4-21(34)28(19)35)27(29(20)45)31(47)42-32(38)39/h2-8,11-12,44-45H,9-10H2,1H3,(H4,38,39,42,47)(H2,40,41,43,46). The number of nitrogens with one attached hydrogen (secondary N) is 4. The van der Waals surface area contributed by atoms with Crippen molar-refractivity contribution in [1.29, 1.82) is 15.9 Å². The van der Waals surface area contributed by atoms with Crippen molar-refractivity contribution in [3.05, 3.63) is 88.5 Å². The number of phenolic OH excluding ortho intramolecular Hbond substituents is 2. The van der Waals surface area contributed by atoms with Gasteiger partial charge in [-0.1, -0.05) is 18.2 Å². The number of hydrogen-bond donors (Lipinski definition) is 7. The predicted octanol–water partition coefficient (Wildman–Crippen LogP) is 3.44. The first-order chi connectivity index (χ1) is 23.0. The Balaban J connectivity index is 1.74. The van der Waals surface area contributed by atoms with E-state index in [1.165, 1.54) is 37.4 Å². The normalized spacial score (nSPS) is 11.8. The Bertz CT molecular complexity index is 2150. The van der Waals surface area contributed by atoms with Gasteiger partial charge in [-0.25, -0.2) is 8.78 Å². The fraction of sp³-hybridized carbons (Fsp3) is 0.0909. The van der Waals surface area contributed by atoms with Crippen LogP contribution in [0.15, 0.2) is 59.6 Å². The molecule has 8 N–H and O–H groups in total. The van der Waals surface area contributed by atoms with Crippen LogP contribution in [0.25, 0.3) is 33.4 Å². The summed E-state index contributed by atoms with van der Waals surface area (Å²) in [5.74, 6) is -6.44. The van der Waals surface area contributed by atoms with E-state index in [0.717, 1.165) is 24.3 Å². The SMILES string of the molecule is COc1cc(-c2cc(C#N)c(-c3cccc(F)c3F)c(C(=O)NC(=N)N)c2O)ccc1-c1c(C#N)ccc(O)c1C(=O)NC1=NCCN1. The molecule has 4 aromatic carbocycles. The second-order valence-corrected chi connectivity index (χ2v) is 10.2. The lowest BCUT2D eigenvalue weighted by molar-refractivity contribution is 0.0965. The molecule has 0 aliphatic carbocycles. The minimum atomic E-state index is -1.39. The summed E-state index contributed by atoms with van der Waals surface area (Å²) in [5, 5.41) is 57.2. The number of carbonyl (C=O) groups is 2. The third-order valence-electron chi connectivity index (χ3n) is 7.34. The lowest BCUT2D eigenvalue weighted by Crippen LogP contribution is -2.38. The topological polar surface area (TPSA) is 230 Å². The van der Waals surface area contributed by atoms with E-state index in [4.69, 9.17) is 15.9 Å². The van der Waals surface area contributed by atoms with Gasteiger partial charge in [0.1, 0.15) is 17.2 Å². The lowest BCUT2D eigenvalue weighted by atomic mass is 9.87. The molecule has 1 heterocycles. The molecule has 0 saturated carbocycles. The van der Waals surface area contributed by atoms with Gasteiger partial charge in [0.05, 0.1) is 48.0 Å². The molecule has 240 valence electrons. The summed E-state index contributed by atoms with van der Waals surface area (Å²) in [4.78, 5) is 30.7. The molecule has 2 amide bonds. The maximum absolute atomic E-state index is 15.0. The highest BCUT2D eigenvalue weighted by molar-refractivity contribution is 6.13. The van der Waals surface area contributed by atoms with Crippen LogP contribution in [-0.4, -0.2) is 54.1 Å². The van der Waals surface area contributed by atoms with E-state index in [9.17, 15) is 34.7 Å². The van der Waals surface area contributed by atoms with E-state index in [2.05, 4.69) is 15.6 Å². The molecular formula is C33H24F2N8O5. The van der Waals surface area contributed by atoms with E-state index < -0.39 is 57.6 Å². The van der Waals surface area contributed by atoms with Crippen LogP contribution in [0.1, 0.15) is 31.8 Å². The zero-order valence-electron chi connectivity index (χ0n) is 24.9. The molecule has 5 rings (SSSR count). The third kappa shape index (κ3) is 5.86. The van der Waals surface area contributed by atoms with E-state index in [1.807, 2.05) is 17.5 Å². The van der Waals surface area contributed by atoms with Crippen LogP contribution < -0.4 is 26.4 Å². The van der Waals surface area contributed by atoms with Gasteiger partial charge in [-0.2, -0.15) is 10.5 Å². The van der Waals surface area contributed by atoms with Crippen LogP contribution in [0.5, 0.6) is 17.2 Å². The summed E-state index contributed by atoms with van der Waals surface area (Å²) in [6.07, 6.45) is 0. The minimum absolute atomic E-state index is 0.00426. The molecule has 0 atom stereocenters. The zero-order valence-corrected chi connectivity index (χ0v) is 24.9. The molecule has 13 nitrogen and oxygen atoms in total. The van der Waals surface area contributed by atoms with Gasteiger partial charge < -0.3 is 26.0 Å². The highest BCUT2D eigenvalue weighted by atomic mass is 19.2. The molecule has 1 aliphatic rings. The molecule has 0 aromatic heterocycles. The summed E-state index contributed by atoms with van der Waals surface area (Å²) in [7, 11) is 1.29. The maximum atomic E-state index is 15.0. The van der Waals surface area contributed by atoms with Gasteiger partial charge in [0, 0.05) is 34.4 Å². The van der Waals surface area contributed by atoms with Crippen LogP contribution in [0.2, 0.25) is 0 Å². The number of amides is 2. The first-order valence-electron chi connectivity index (χ1n) is 13.9. The third-order valence-corrected chi connectivity index (χ3v) is 7.34. The molecular weight excluding hydrogens is 626 g/mol. The zero-order chi connectivity index (χ0) is 34.7. The van der Waals surface area contributed by atoms with Gasteiger partial charge in [-0.3, -0.25) is 30.6 Å². The number of nitrogens with two attached hydrogens (primary N) is 1. The monoisotopic (exact) mass is 650 g/mol. The summed E-state index contributed by atoms with van der Waals surface area (Å²) in [6.45, 7) is 0.928. The lowest BCUT2D eigenvalue weighted by Gasteiger charge is -2.19. The first-order valence-corrected chi connectivity index (χ1v) is 13.9. The quantitative estimate of drug-likeness (QED) is 0.120. The number of halogens is 2. The summed E-state index contributed by atoms with van der Waals surface area (Å²) >= 11 is 0. The summed E-state index contributed by atoms with van der Waals surface area (Å²) in [5.41, 5.74) is 3.31. The average molecular weight is 651 g/mol. The number of aliphatic imine (C=N–C) groups is 1. The van der Waals surface area contributed by atoms with Crippen LogP contribution in [0.3, 0.4) is 0 Å². The number of methoxy groups -OCH3 is 1. The Hall–Kier alpha value is -7.00. The van der Waals surface area contributed by atoms with Crippen molar-refractivity contribution < 1.29 is 33.3 Å². The van der Waals surface area contributed by atoms with E-state index in [1.54, 1.807) is 0 Å². The Morgan fingerprint density at radius 3 is 2.35 bits per heavy atom. The van der Waals surface area contributed by atoms with Crippen LogP contribution in [0, 0.1) is 39.7 Å². The molecule has 48 heavy (non-hydrogen) atoms. The van der Waals surface area contributed by atoms with Gasteiger partial charge in [0.2, 0.25) is 0 Å². The van der Waals surface area contributed by atoms with E-state index in [0.29, 0.717) is 13.1 Å². The van der Waals surface area contributed by atoms with Crippen LogP contribution in [-0.2, 0) is 0 Å². The van der Waals surface area contributed by atoms with E-state index >= 15 is 4.39 Å². The Morgan fingerprint density at radius 2 is 1.71 bits per heavy atom. The predicted molar refractivity (Wildman–Crippen MR) is 169 cm³/mol.